The van der Waals surface area contributed by atoms with Gasteiger partial charge in [0, 0.05) is 11.0 Å². The molecule has 10 heteroatoms. The van der Waals surface area contributed by atoms with Gasteiger partial charge in [-0.3, -0.25) is 0 Å². The molecule has 0 saturated carbocycles. The van der Waals surface area contributed by atoms with Crippen LogP contribution in [0.4, 0.5) is 0 Å². The smallest absolute Gasteiger partial charge is 0.240 e. The first-order chi connectivity index (χ1) is 12.3. The van der Waals surface area contributed by atoms with Gasteiger partial charge in [-0.05, 0) is 47.8 Å². The lowest BCUT2D eigenvalue weighted by molar-refractivity contribution is 0.487. The van der Waals surface area contributed by atoms with Gasteiger partial charge in [-0.15, -0.1) is 11.3 Å². The van der Waals surface area contributed by atoms with Crippen LogP contribution in [0, 0.1) is 0 Å². The zero-order chi connectivity index (χ0) is 18.8. The first-order valence-corrected chi connectivity index (χ1v) is 12.1. The quantitative estimate of drug-likeness (QED) is 0.563. The predicted octanol–water partition coefficient (Wildman–Crippen LogP) is 3.60. The van der Waals surface area contributed by atoms with Crippen molar-refractivity contribution in [2.75, 3.05) is 6.54 Å². The Kier molecular flexibility index (Phi) is 5.68. The molecular formula is C16H14BrNO5S3. The fourth-order valence-corrected chi connectivity index (χ4v) is 6.49. The zero-order valence-electron chi connectivity index (χ0n) is 13.2. The summed E-state index contributed by atoms with van der Waals surface area (Å²) in [5.41, 5.74) is 0. The second-order valence-electron chi connectivity index (χ2n) is 5.29. The predicted molar refractivity (Wildman–Crippen MR) is 102 cm³/mol. The Morgan fingerprint density at radius 3 is 2.35 bits per heavy atom. The average molecular weight is 476 g/mol. The van der Waals surface area contributed by atoms with Crippen molar-refractivity contribution in [3.05, 3.63) is 70.4 Å². The second-order valence-corrected chi connectivity index (χ2v) is 11.3. The SMILES string of the molecule is O=S(=O)(NC[C@H](c1ccco1)S(=O)(=O)c1cccs1)c1ccc(Br)cc1. The lowest BCUT2D eigenvalue weighted by Gasteiger charge is -2.16. The summed E-state index contributed by atoms with van der Waals surface area (Å²) < 4.78 is 59.3. The lowest BCUT2D eigenvalue weighted by atomic mass is 10.3. The third kappa shape index (κ3) is 4.09. The van der Waals surface area contributed by atoms with Gasteiger partial charge in [0.25, 0.3) is 0 Å². The van der Waals surface area contributed by atoms with E-state index in [1.54, 1.807) is 29.6 Å². The number of sulfone groups is 1. The molecule has 138 valence electrons. The summed E-state index contributed by atoms with van der Waals surface area (Å²) in [4.78, 5) is 0.0485. The third-order valence-electron chi connectivity index (χ3n) is 3.59. The van der Waals surface area contributed by atoms with Gasteiger partial charge < -0.3 is 4.42 Å². The molecule has 0 bridgehead atoms. The van der Waals surface area contributed by atoms with Crippen molar-refractivity contribution in [1.29, 1.82) is 0 Å². The van der Waals surface area contributed by atoms with Crippen molar-refractivity contribution in [1.82, 2.24) is 4.72 Å². The minimum atomic E-state index is -3.87. The van der Waals surface area contributed by atoms with Crippen LogP contribution in [0.2, 0.25) is 0 Å². The van der Waals surface area contributed by atoms with E-state index in [-0.39, 0.29) is 21.4 Å². The number of halogens is 1. The number of hydrogen-bond donors (Lipinski definition) is 1. The van der Waals surface area contributed by atoms with E-state index >= 15 is 0 Å². The fourth-order valence-electron chi connectivity index (χ4n) is 2.29. The summed E-state index contributed by atoms with van der Waals surface area (Å²) in [6.45, 7) is -0.341. The molecule has 0 aliphatic rings. The summed E-state index contributed by atoms with van der Waals surface area (Å²) >= 11 is 4.32. The molecule has 0 aliphatic carbocycles. The monoisotopic (exact) mass is 475 g/mol. The van der Waals surface area contributed by atoms with Crippen molar-refractivity contribution < 1.29 is 21.3 Å². The Hall–Kier alpha value is -1.46. The Morgan fingerprint density at radius 1 is 1.04 bits per heavy atom. The van der Waals surface area contributed by atoms with E-state index in [2.05, 4.69) is 20.7 Å². The minimum Gasteiger partial charge on any atom is -0.468 e. The minimum absolute atomic E-state index is 0.0485. The molecule has 3 rings (SSSR count). The Labute approximate surface area is 164 Å². The van der Waals surface area contributed by atoms with E-state index in [9.17, 15) is 16.8 Å². The number of benzene rings is 1. The summed E-state index contributed by atoms with van der Waals surface area (Å²) in [6.07, 6.45) is 1.36. The Balaban J connectivity index is 1.89. The van der Waals surface area contributed by atoms with Crippen LogP contribution in [0.3, 0.4) is 0 Å². The van der Waals surface area contributed by atoms with E-state index in [0.29, 0.717) is 0 Å². The van der Waals surface area contributed by atoms with Crippen molar-refractivity contribution in [3.63, 3.8) is 0 Å². The van der Waals surface area contributed by atoms with Crippen molar-refractivity contribution in [3.8, 4) is 0 Å². The first-order valence-electron chi connectivity index (χ1n) is 7.37. The third-order valence-corrected chi connectivity index (χ3v) is 9.05. The van der Waals surface area contributed by atoms with Crippen molar-refractivity contribution >= 4 is 47.1 Å². The first kappa shape index (κ1) is 19.3. The number of thiophene rings is 1. The maximum Gasteiger partial charge on any atom is 0.240 e. The summed E-state index contributed by atoms with van der Waals surface area (Å²) in [5.74, 6) is 0.178. The van der Waals surface area contributed by atoms with Crippen LogP contribution in [-0.2, 0) is 19.9 Å². The summed E-state index contributed by atoms with van der Waals surface area (Å²) in [7, 11) is -7.67. The molecule has 26 heavy (non-hydrogen) atoms. The van der Waals surface area contributed by atoms with E-state index in [1.807, 2.05) is 0 Å². The van der Waals surface area contributed by atoms with Gasteiger partial charge in [-0.2, -0.15) is 0 Å². The summed E-state index contributed by atoms with van der Waals surface area (Å²) in [5, 5.41) is 0.485. The van der Waals surface area contributed by atoms with Crippen molar-refractivity contribution in [2.45, 2.75) is 14.4 Å². The molecule has 0 aliphatic heterocycles. The standard InChI is InChI=1S/C16H14BrNO5S3/c17-12-5-7-13(8-6-12)26(21,22)18-11-15(14-3-1-9-23-14)25(19,20)16-4-2-10-24-16/h1-10,15,18H,11H2/t15-/m1/s1. The highest BCUT2D eigenvalue weighted by Crippen LogP contribution is 2.31. The van der Waals surface area contributed by atoms with Gasteiger partial charge in [0.05, 0.1) is 11.2 Å². The second kappa shape index (κ2) is 7.65. The van der Waals surface area contributed by atoms with Gasteiger partial charge in [0.1, 0.15) is 15.2 Å². The van der Waals surface area contributed by atoms with Crippen LogP contribution in [-0.4, -0.2) is 23.4 Å². The highest BCUT2D eigenvalue weighted by Gasteiger charge is 2.33. The van der Waals surface area contributed by atoms with Crippen LogP contribution in [0.25, 0.3) is 0 Å². The largest absolute Gasteiger partial charge is 0.468 e. The highest BCUT2D eigenvalue weighted by atomic mass is 79.9. The topological polar surface area (TPSA) is 93.4 Å². The lowest BCUT2D eigenvalue weighted by Crippen LogP contribution is -2.31. The molecular weight excluding hydrogens is 462 g/mol. The molecule has 0 unspecified atom stereocenters. The molecule has 2 aromatic heterocycles. The molecule has 0 radical (unpaired) electrons. The number of furan rings is 1. The molecule has 0 saturated heterocycles. The highest BCUT2D eigenvalue weighted by molar-refractivity contribution is 9.10. The Morgan fingerprint density at radius 2 is 1.77 bits per heavy atom. The zero-order valence-corrected chi connectivity index (χ0v) is 17.2. The van der Waals surface area contributed by atoms with Gasteiger partial charge in [-0.1, -0.05) is 22.0 Å². The number of hydrogen-bond acceptors (Lipinski definition) is 6. The molecule has 0 amide bonds. The van der Waals surface area contributed by atoms with Crippen LogP contribution in [0.5, 0.6) is 0 Å². The van der Waals surface area contributed by atoms with Gasteiger partial charge >= 0.3 is 0 Å². The molecule has 1 aromatic carbocycles. The van der Waals surface area contributed by atoms with Gasteiger partial charge in [-0.25, -0.2) is 21.6 Å². The fraction of sp³-hybridized carbons (Fsp3) is 0.125. The summed E-state index contributed by atoms with van der Waals surface area (Å²) in [6, 6.07) is 12.3. The Bertz CT molecular complexity index is 1060. The van der Waals surface area contributed by atoms with Crippen LogP contribution in [0.1, 0.15) is 11.0 Å². The molecule has 2 heterocycles. The van der Waals surface area contributed by atoms with Crippen LogP contribution in [0.15, 0.2) is 78.2 Å². The molecule has 0 spiro atoms. The van der Waals surface area contributed by atoms with E-state index < -0.39 is 25.1 Å². The molecule has 1 N–H and O–H groups in total. The number of nitrogens with one attached hydrogen (secondary N) is 1. The van der Waals surface area contributed by atoms with Crippen LogP contribution < -0.4 is 4.72 Å². The molecule has 6 nitrogen and oxygen atoms in total. The maximum atomic E-state index is 12.9. The number of sulfonamides is 1. The molecule has 0 fully saturated rings. The van der Waals surface area contributed by atoms with E-state index in [1.165, 1.54) is 30.5 Å². The van der Waals surface area contributed by atoms with Gasteiger partial charge in [0.15, 0.2) is 9.84 Å². The average Bonchev–Trinajstić information content (AvgIpc) is 3.29. The molecule has 1 atom stereocenters. The molecule has 3 aromatic rings. The van der Waals surface area contributed by atoms with Crippen LogP contribution >= 0.6 is 27.3 Å². The number of rotatable bonds is 7. The van der Waals surface area contributed by atoms with E-state index in [4.69, 9.17) is 4.42 Å². The van der Waals surface area contributed by atoms with Gasteiger partial charge in [0.2, 0.25) is 10.0 Å². The van der Waals surface area contributed by atoms with E-state index in [0.717, 1.165) is 15.8 Å². The maximum absolute atomic E-state index is 12.9. The normalized spacial score (nSPS) is 13.6. The van der Waals surface area contributed by atoms with Crippen molar-refractivity contribution in [2.24, 2.45) is 0 Å².